The van der Waals surface area contributed by atoms with Gasteiger partial charge in [0.05, 0.1) is 6.04 Å². The summed E-state index contributed by atoms with van der Waals surface area (Å²) in [6.07, 6.45) is 4.52. The highest BCUT2D eigenvalue weighted by atomic mass is 16.5. The highest BCUT2D eigenvalue weighted by Crippen LogP contribution is 2.40. The van der Waals surface area contributed by atoms with E-state index in [2.05, 4.69) is 27.9 Å². The second kappa shape index (κ2) is 6.77. The van der Waals surface area contributed by atoms with Gasteiger partial charge in [0, 0.05) is 18.5 Å². The van der Waals surface area contributed by atoms with Crippen LogP contribution in [0.15, 0.2) is 40.9 Å². The van der Waals surface area contributed by atoms with Gasteiger partial charge in [-0.2, -0.15) is 0 Å². The molecule has 0 spiro atoms. The molecule has 126 valence electrons. The third-order valence-electron chi connectivity index (χ3n) is 4.99. The van der Waals surface area contributed by atoms with Gasteiger partial charge in [-0.25, -0.2) is 0 Å². The maximum atomic E-state index is 12.7. The maximum Gasteiger partial charge on any atom is 0.273 e. The molecule has 4 rings (SSSR count). The fraction of sp³-hybridized carbons (Fsp3) is 0.474. The first-order valence-corrected chi connectivity index (χ1v) is 8.84. The zero-order valence-corrected chi connectivity index (χ0v) is 13.7. The lowest BCUT2D eigenvalue weighted by molar-refractivity contribution is 0.0906. The van der Waals surface area contributed by atoms with Gasteiger partial charge in [-0.1, -0.05) is 35.5 Å². The highest BCUT2D eigenvalue weighted by Gasteiger charge is 2.31. The first kappa shape index (κ1) is 15.4. The standard InChI is InChI=1S/C19H23N3O2/c23-19(16-11-17(24-22-16)13-8-9-13)21-18(14-5-2-1-3-6-14)15-7-4-10-20-12-15/h1-3,5-6,11,13,15,18,20H,4,7-10,12H2,(H,21,23). The fourth-order valence-electron chi connectivity index (χ4n) is 3.47. The lowest BCUT2D eigenvalue weighted by Gasteiger charge is -2.31. The number of rotatable bonds is 5. The molecule has 0 bridgehead atoms. The SMILES string of the molecule is O=C(NC(c1ccccc1)C1CCCNC1)c1cc(C2CC2)on1. The third-order valence-corrected chi connectivity index (χ3v) is 4.99. The number of amides is 1. The second-order valence-corrected chi connectivity index (χ2v) is 6.86. The molecule has 2 unspecified atom stereocenters. The Morgan fingerprint density at radius 2 is 2.08 bits per heavy atom. The van der Waals surface area contributed by atoms with E-state index < -0.39 is 0 Å². The number of nitrogens with zero attached hydrogens (tertiary/aromatic N) is 1. The molecule has 2 heterocycles. The van der Waals surface area contributed by atoms with Crippen molar-refractivity contribution in [1.82, 2.24) is 15.8 Å². The molecule has 2 aliphatic rings. The van der Waals surface area contributed by atoms with Gasteiger partial charge in [-0.15, -0.1) is 0 Å². The van der Waals surface area contributed by atoms with Crippen molar-refractivity contribution in [3.63, 3.8) is 0 Å². The Hall–Kier alpha value is -2.14. The Labute approximate surface area is 141 Å². The molecule has 5 heteroatoms. The molecule has 1 saturated heterocycles. The van der Waals surface area contributed by atoms with Gasteiger partial charge in [0.15, 0.2) is 5.69 Å². The van der Waals surface area contributed by atoms with Crippen LogP contribution in [0.2, 0.25) is 0 Å². The highest BCUT2D eigenvalue weighted by molar-refractivity contribution is 5.92. The van der Waals surface area contributed by atoms with Gasteiger partial charge in [-0.05, 0) is 43.7 Å². The number of aromatic nitrogens is 1. The molecular formula is C19H23N3O2. The number of piperidine rings is 1. The molecule has 2 aromatic rings. The van der Waals surface area contributed by atoms with Gasteiger partial charge in [0.2, 0.25) is 0 Å². The van der Waals surface area contributed by atoms with Crippen molar-refractivity contribution >= 4 is 5.91 Å². The van der Waals surface area contributed by atoms with E-state index in [1.807, 2.05) is 18.2 Å². The first-order chi connectivity index (χ1) is 11.8. The van der Waals surface area contributed by atoms with Crippen molar-refractivity contribution in [2.75, 3.05) is 13.1 Å². The van der Waals surface area contributed by atoms with E-state index in [0.717, 1.165) is 50.1 Å². The van der Waals surface area contributed by atoms with Crippen LogP contribution >= 0.6 is 0 Å². The van der Waals surface area contributed by atoms with Crippen LogP contribution in [0.5, 0.6) is 0 Å². The minimum Gasteiger partial charge on any atom is -0.360 e. The Balaban J connectivity index is 1.52. The van der Waals surface area contributed by atoms with E-state index in [9.17, 15) is 4.79 Å². The minimum atomic E-state index is -0.148. The summed E-state index contributed by atoms with van der Waals surface area (Å²) in [5.74, 6) is 1.55. The Morgan fingerprint density at radius 1 is 1.25 bits per heavy atom. The summed E-state index contributed by atoms with van der Waals surface area (Å²) in [5.41, 5.74) is 1.53. The summed E-state index contributed by atoms with van der Waals surface area (Å²) in [7, 11) is 0. The quantitative estimate of drug-likeness (QED) is 0.887. The van der Waals surface area contributed by atoms with E-state index >= 15 is 0 Å². The predicted molar refractivity (Wildman–Crippen MR) is 90.7 cm³/mol. The number of hydrogen-bond acceptors (Lipinski definition) is 4. The smallest absolute Gasteiger partial charge is 0.273 e. The van der Waals surface area contributed by atoms with E-state index in [1.165, 1.54) is 0 Å². The molecule has 1 amide bonds. The topological polar surface area (TPSA) is 67.2 Å². The Morgan fingerprint density at radius 3 is 2.79 bits per heavy atom. The molecule has 0 radical (unpaired) electrons. The van der Waals surface area contributed by atoms with Gasteiger partial charge >= 0.3 is 0 Å². The molecular weight excluding hydrogens is 302 g/mol. The van der Waals surface area contributed by atoms with E-state index in [-0.39, 0.29) is 11.9 Å². The molecule has 5 nitrogen and oxygen atoms in total. The van der Waals surface area contributed by atoms with Crippen LogP contribution in [0, 0.1) is 5.92 Å². The van der Waals surface area contributed by atoms with Gasteiger partial charge < -0.3 is 15.2 Å². The fourth-order valence-corrected chi connectivity index (χ4v) is 3.47. The summed E-state index contributed by atoms with van der Waals surface area (Å²) in [6.45, 7) is 1.98. The average molecular weight is 325 g/mol. The summed E-state index contributed by atoms with van der Waals surface area (Å²) in [6, 6.07) is 12.0. The normalized spacial score (nSPS) is 22.1. The number of benzene rings is 1. The zero-order chi connectivity index (χ0) is 16.4. The van der Waals surface area contributed by atoms with Crippen LogP contribution in [-0.4, -0.2) is 24.2 Å². The summed E-state index contributed by atoms with van der Waals surface area (Å²) < 4.78 is 5.32. The number of carbonyl (C=O) groups is 1. The van der Waals surface area contributed by atoms with Crippen molar-refractivity contribution in [2.45, 2.75) is 37.6 Å². The summed E-state index contributed by atoms with van der Waals surface area (Å²) in [5, 5.41) is 10.6. The summed E-state index contributed by atoms with van der Waals surface area (Å²) >= 11 is 0. The molecule has 2 N–H and O–H groups in total. The van der Waals surface area contributed by atoms with Crippen LogP contribution in [0.1, 0.15) is 59.5 Å². The van der Waals surface area contributed by atoms with E-state index in [0.29, 0.717) is 17.5 Å². The van der Waals surface area contributed by atoms with E-state index in [4.69, 9.17) is 4.52 Å². The molecule has 1 aliphatic heterocycles. The van der Waals surface area contributed by atoms with Crippen LogP contribution in [-0.2, 0) is 0 Å². The molecule has 2 fully saturated rings. The van der Waals surface area contributed by atoms with Gasteiger partial charge in [0.1, 0.15) is 5.76 Å². The van der Waals surface area contributed by atoms with Crippen molar-refractivity contribution in [2.24, 2.45) is 5.92 Å². The number of nitrogens with one attached hydrogen (secondary N) is 2. The van der Waals surface area contributed by atoms with Crippen LogP contribution in [0.25, 0.3) is 0 Å². The van der Waals surface area contributed by atoms with Crippen molar-refractivity contribution in [1.29, 1.82) is 0 Å². The van der Waals surface area contributed by atoms with E-state index in [1.54, 1.807) is 6.07 Å². The van der Waals surface area contributed by atoms with Gasteiger partial charge in [0.25, 0.3) is 5.91 Å². The van der Waals surface area contributed by atoms with Crippen molar-refractivity contribution in [3.05, 3.63) is 53.4 Å². The Bertz CT molecular complexity index is 688. The Kier molecular flexibility index (Phi) is 4.34. The molecule has 1 aromatic heterocycles. The number of carbonyl (C=O) groups excluding carboxylic acids is 1. The minimum absolute atomic E-state index is 0.00688. The third kappa shape index (κ3) is 3.36. The maximum absolute atomic E-state index is 12.7. The molecule has 24 heavy (non-hydrogen) atoms. The van der Waals surface area contributed by atoms with Crippen molar-refractivity contribution < 1.29 is 9.32 Å². The molecule has 2 atom stereocenters. The lowest BCUT2D eigenvalue weighted by atomic mass is 9.87. The second-order valence-electron chi connectivity index (χ2n) is 6.86. The molecule has 1 aromatic carbocycles. The number of hydrogen-bond donors (Lipinski definition) is 2. The van der Waals surface area contributed by atoms with Crippen molar-refractivity contribution in [3.8, 4) is 0 Å². The lowest BCUT2D eigenvalue weighted by Crippen LogP contribution is -2.41. The first-order valence-electron chi connectivity index (χ1n) is 8.84. The monoisotopic (exact) mass is 325 g/mol. The summed E-state index contributed by atoms with van der Waals surface area (Å²) in [4.78, 5) is 12.7. The molecule has 1 saturated carbocycles. The zero-order valence-electron chi connectivity index (χ0n) is 13.7. The van der Waals surface area contributed by atoms with Crippen LogP contribution < -0.4 is 10.6 Å². The van der Waals surface area contributed by atoms with Crippen LogP contribution in [0.3, 0.4) is 0 Å². The largest absolute Gasteiger partial charge is 0.360 e. The van der Waals surface area contributed by atoms with Gasteiger partial charge in [-0.3, -0.25) is 4.79 Å². The van der Waals surface area contributed by atoms with Crippen LogP contribution in [0.4, 0.5) is 0 Å². The molecule has 1 aliphatic carbocycles. The predicted octanol–water partition coefficient (Wildman–Crippen LogP) is 3.02. The average Bonchev–Trinajstić information content (AvgIpc) is 3.38.